The monoisotopic (exact) mass is 376 g/mol. The number of hydrogen-bond donors (Lipinski definition) is 2. The summed E-state index contributed by atoms with van der Waals surface area (Å²) in [5.74, 6) is -0.853. The molecule has 0 atom stereocenters. The molecule has 0 radical (unpaired) electrons. The van der Waals surface area contributed by atoms with Gasteiger partial charge in [0.05, 0.1) is 6.61 Å². The molecule has 0 fully saturated rings. The Morgan fingerprint density at radius 3 is 2.52 bits per heavy atom. The second-order valence-corrected chi connectivity index (χ2v) is 6.98. The van der Waals surface area contributed by atoms with Crippen LogP contribution in [0.1, 0.15) is 43.8 Å². The van der Waals surface area contributed by atoms with Gasteiger partial charge in [0.25, 0.3) is 5.91 Å². The number of furan rings is 1. The molecule has 0 aliphatic carbocycles. The SMILES string of the molecule is CCOc1ccc2oc(C(=O)OCC(=O)NC(=O)NC(C)(C)C)c(C)c2c1. The molecule has 3 amide bonds. The maximum Gasteiger partial charge on any atom is 0.375 e. The Hall–Kier alpha value is -3.03. The Morgan fingerprint density at radius 1 is 1.19 bits per heavy atom. The van der Waals surface area contributed by atoms with Crippen molar-refractivity contribution < 1.29 is 28.3 Å². The first kappa shape index (κ1) is 20.3. The second-order valence-electron chi connectivity index (χ2n) is 6.98. The number of hydrogen-bond acceptors (Lipinski definition) is 6. The number of fused-ring (bicyclic) bond motifs is 1. The van der Waals surface area contributed by atoms with Crippen molar-refractivity contribution >= 4 is 28.9 Å². The lowest BCUT2D eigenvalue weighted by molar-refractivity contribution is -0.123. The first-order valence-electron chi connectivity index (χ1n) is 8.55. The topological polar surface area (TPSA) is 107 Å². The van der Waals surface area contributed by atoms with E-state index in [-0.39, 0.29) is 5.76 Å². The molecule has 146 valence electrons. The summed E-state index contributed by atoms with van der Waals surface area (Å²) in [6.45, 7) is 8.85. The van der Waals surface area contributed by atoms with Gasteiger partial charge in [-0.1, -0.05) is 0 Å². The number of aryl methyl sites for hydroxylation is 1. The molecule has 1 heterocycles. The van der Waals surface area contributed by atoms with Gasteiger partial charge in [0.15, 0.2) is 6.61 Å². The highest BCUT2D eigenvalue weighted by Crippen LogP contribution is 2.29. The van der Waals surface area contributed by atoms with Crippen LogP contribution in [0, 0.1) is 6.92 Å². The summed E-state index contributed by atoms with van der Waals surface area (Å²) in [6, 6.07) is 4.56. The number of rotatable bonds is 5. The average Bonchev–Trinajstić information content (AvgIpc) is 2.88. The molecule has 0 saturated carbocycles. The fraction of sp³-hybridized carbons (Fsp3) is 0.421. The number of imide groups is 1. The van der Waals surface area contributed by atoms with Crippen molar-refractivity contribution in [2.75, 3.05) is 13.2 Å². The summed E-state index contributed by atoms with van der Waals surface area (Å²) < 4.78 is 15.9. The van der Waals surface area contributed by atoms with Crippen LogP contribution in [0.25, 0.3) is 11.0 Å². The van der Waals surface area contributed by atoms with E-state index in [1.54, 1.807) is 45.9 Å². The van der Waals surface area contributed by atoms with Crippen LogP contribution in [0.15, 0.2) is 22.6 Å². The molecule has 8 nitrogen and oxygen atoms in total. The van der Waals surface area contributed by atoms with E-state index in [1.807, 2.05) is 6.92 Å². The van der Waals surface area contributed by atoms with Gasteiger partial charge in [0.2, 0.25) is 5.76 Å². The van der Waals surface area contributed by atoms with Gasteiger partial charge in [-0.3, -0.25) is 10.1 Å². The molecule has 1 aromatic heterocycles. The molecule has 0 bridgehead atoms. The molecule has 1 aromatic carbocycles. The summed E-state index contributed by atoms with van der Waals surface area (Å²) in [7, 11) is 0. The molecular formula is C19H24N2O6. The molecule has 2 aromatic rings. The third-order valence-corrected chi connectivity index (χ3v) is 3.48. The third-order valence-electron chi connectivity index (χ3n) is 3.48. The summed E-state index contributed by atoms with van der Waals surface area (Å²) in [5.41, 5.74) is 0.603. The smallest absolute Gasteiger partial charge is 0.375 e. The van der Waals surface area contributed by atoms with Gasteiger partial charge in [0, 0.05) is 16.5 Å². The highest BCUT2D eigenvalue weighted by Gasteiger charge is 2.21. The van der Waals surface area contributed by atoms with E-state index < -0.39 is 30.1 Å². The molecule has 0 unspecified atom stereocenters. The fourth-order valence-corrected chi connectivity index (χ4v) is 2.38. The quantitative estimate of drug-likeness (QED) is 0.777. The highest BCUT2D eigenvalue weighted by molar-refractivity contribution is 5.99. The number of carbonyl (C=O) groups excluding carboxylic acids is 3. The number of nitrogens with one attached hydrogen (secondary N) is 2. The molecule has 27 heavy (non-hydrogen) atoms. The second kappa shape index (κ2) is 8.11. The van der Waals surface area contributed by atoms with Crippen molar-refractivity contribution in [3.63, 3.8) is 0 Å². The Bertz CT molecular complexity index is 863. The first-order valence-corrected chi connectivity index (χ1v) is 8.55. The predicted molar refractivity (Wildman–Crippen MR) is 98.8 cm³/mol. The Balaban J connectivity index is 2.00. The number of benzene rings is 1. The normalized spacial score (nSPS) is 11.1. The van der Waals surface area contributed by atoms with Crippen LogP contribution in [0.3, 0.4) is 0 Å². The fourth-order valence-electron chi connectivity index (χ4n) is 2.38. The molecule has 0 saturated heterocycles. The van der Waals surface area contributed by atoms with Gasteiger partial charge in [-0.25, -0.2) is 9.59 Å². The van der Waals surface area contributed by atoms with Crippen LogP contribution in [-0.2, 0) is 9.53 Å². The number of amides is 3. The molecular weight excluding hydrogens is 352 g/mol. The molecule has 0 spiro atoms. The van der Waals surface area contributed by atoms with E-state index in [0.717, 1.165) is 5.39 Å². The lowest BCUT2D eigenvalue weighted by atomic mass is 10.1. The molecule has 2 rings (SSSR count). The number of ether oxygens (including phenoxy) is 2. The van der Waals surface area contributed by atoms with Crippen LogP contribution >= 0.6 is 0 Å². The maximum atomic E-state index is 12.2. The first-order chi connectivity index (χ1) is 12.6. The minimum atomic E-state index is -0.784. The molecule has 0 aliphatic heterocycles. The third kappa shape index (κ3) is 5.47. The van der Waals surface area contributed by atoms with Gasteiger partial charge in [-0.05, 0) is 52.8 Å². The van der Waals surface area contributed by atoms with E-state index >= 15 is 0 Å². The van der Waals surface area contributed by atoms with Gasteiger partial charge in [-0.15, -0.1) is 0 Å². The molecule has 8 heteroatoms. The number of urea groups is 1. The Kier molecular flexibility index (Phi) is 6.09. The van der Waals surface area contributed by atoms with Crippen molar-refractivity contribution in [2.45, 2.75) is 40.2 Å². The lowest BCUT2D eigenvalue weighted by Gasteiger charge is -2.20. The van der Waals surface area contributed by atoms with Gasteiger partial charge in [0.1, 0.15) is 11.3 Å². The minimum Gasteiger partial charge on any atom is -0.494 e. The summed E-state index contributed by atoms with van der Waals surface area (Å²) in [4.78, 5) is 35.6. The van der Waals surface area contributed by atoms with E-state index in [2.05, 4.69) is 10.6 Å². The van der Waals surface area contributed by atoms with E-state index in [1.165, 1.54) is 0 Å². The minimum absolute atomic E-state index is 0.00518. The number of esters is 1. The maximum absolute atomic E-state index is 12.2. The van der Waals surface area contributed by atoms with Crippen molar-refractivity contribution in [3.05, 3.63) is 29.5 Å². The summed E-state index contributed by atoms with van der Waals surface area (Å²) in [6.07, 6.45) is 0. The number of carbonyl (C=O) groups is 3. The van der Waals surface area contributed by atoms with Gasteiger partial charge in [-0.2, -0.15) is 0 Å². The molecule has 2 N–H and O–H groups in total. The summed E-state index contributed by atoms with van der Waals surface area (Å²) in [5, 5.41) is 5.39. The van der Waals surface area contributed by atoms with Gasteiger partial charge < -0.3 is 19.2 Å². The molecule has 0 aliphatic rings. The Morgan fingerprint density at radius 2 is 1.89 bits per heavy atom. The van der Waals surface area contributed by atoms with Crippen molar-refractivity contribution in [1.29, 1.82) is 0 Å². The van der Waals surface area contributed by atoms with Crippen molar-refractivity contribution in [3.8, 4) is 5.75 Å². The van der Waals surface area contributed by atoms with Crippen molar-refractivity contribution in [1.82, 2.24) is 10.6 Å². The van der Waals surface area contributed by atoms with Crippen LogP contribution in [0.2, 0.25) is 0 Å². The zero-order valence-electron chi connectivity index (χ0n) is 16.1. The van der Waals surface area contributed by atoms with E-state index in [9.17, 15) is 14.4 Å². The van der Waals surface area contributed by atoms with E-state index in [4.69, 9.17) is 13.9 Å². The summed E-state index contributed by atoms with van der Waals surface area (Å²) >= 11 is 0. The zero-order chi connectivity index (χ0) is 20.2. The largest absolute Gasteiger partial charge is 0.494 e. The standard InChI is InChI=1S/C19H24N2O6/c1-6-25-12-7-8-14-13(9-12)11(2)16(27-14)17(23)26-10-15(22)20-18(24)21-19(3,4)5/h7-9H,6,10H2,1-5H3,(H2,20,21,22,24). The Labute approximate surface area is 157 Å². The van der Waals surface area contributed by atoms with Crippen LogP contribution < -0.4 is 15.4 Å². The van der Waals surface area contributed by atoms with Gasteiger partial charge >= 0.3 is 12.0 Å². The van der Waals surface area contributed by atoms with E-state index in [0.29, 0.717) is 23.5 Å². The van der Waals surface area contributed by atoms with Crippen molar-refractivity contribution in [2.24, 2.45) is 0 Å². The van der Waals surface area contributed by atoms with Crippen LogP contribution in [-0.4, -0.2) is 36.7 Å². The predicted octanol–water partition coefficient (Wildman–Crippen LogP) is 2.92. The highest BCUT2D eigenvalue weighted by atomic mass is 16.5. The van der Waals surface area contributed by atoms with Crippen LogP contribution in [0.5, 0.6) is 5.75 Å². The zero-order valence-corrected chi connectivity index (χ0v) is 16.1. The van der Waals surface area contributed by atoms with Crippen LogP contribution in [0.4, 0.5) is 4.79 Å². The lowest BCUT2D eigenvalue weighted by Crippen LogP contribution is -2.49. The average molecular weight is 376 g/mol.